The van der Waals surface area contributed by atoms with Crippen molar-refractivity contribution in [3.8, 4) is 0 Å². The maximum absolute atomic E-state index is 12.6. The van der Waals surface area contributed by atoms with Crippen LogP contribution in [0, 0.1) is 5.92 Å². The summed E-state index contributed by atoms with van der Waals surface area (Å²) in [5, 5.41) is 0. The molecule has 0 spiro atoms. The fourth-order valence-electron chi connectivity index (χ4n) is 2.37. The van der Waals surface area contributed by atoms with Crippen LogP contribution in [0.5, 0.6) is 0 Å². The summed E-state index contributed by atoms with van der Waals surface area (Å²) in [6.45, 7) is 6.53. The zero-order valence-corrected chi connectivity index (χ0v) is 16.4. The van der Waals surface area contributed by atoms with Gasteiger partial charge in [-0.05, 0) is 5.56 Å². The lowest BCUT2D eigenvalue weighted by molar-refractivity contribution is -0.149. The fourth-order valence-corrected chi connectivity index (χ4v) is 3.33. The number of esters is 1. The minimum absolute atomic E-state index is 0.0216. The van der Waals surface area contributed by atoms with Gasteiger partial charge in [0.25, 0.3) is 0 Å². The third kappa shape index (κ3) is 7.04. The highest BCUT2D eigenvalue weighted by atomic mass is 32.2. The van der Waals surface area contributed by atoms with Gasteiger partial charge in [0, 0.05) is 22.5 Å². The maximum atomic E-state index is 12.6. The van der Waals surface area contributed by atoms with Gasteiger partial charge in [0.1, 0.15) is 6.61 Å². The minimum Gasteiger partial charge on any atom is -0.461 e. The minimum atomic E-state index is -0.448. The number of rotatable bonds is 8. The highest BCUT2D eigenvalue weighted by Gasteiger charge is 2.26. The Morgan fingerprint density at radius 2 is 1.54 bits per heavy atom. The molecule has 0 aliphatic rings. The maximum Gasteiger partial charge on any atom is 0.310 e. The first-order chi connectivity index (χ1) is 12.3. The number of hydrogen-bond acceptors (Lipinski definition) is 4. The quantitative estimate of drug-likeness (QED) is 0.476. The predicted octanol–water partition coefficient (Wildman–Crippen LogP) is 5.15. The molecule has 0 N–H and O–H groups in total. The molecule has 0 aromatic heterocycles. The lowest BCUT2D eigenvalue weighted by atomic mass is 10.00. The highest BCUT2D eigenvalue weighted by molar-refractivity contribution is 8.00. The van der Waals surface area contributed by atoms with Crippen molar-refractivity contribution in [2.24, 2.45) is 5.92 Å². The molecule has 1 atom stereocenters. The standard InChI is InChI=1S/C22H26O3S/c1-22(2,3)26-16-19(14-20(23)18-12-8-5-9-13-18)21(24)25-15-17-10-6-4-7-11-17/h4-13,19H,14-16H2,1-3H3/t19-/m0/s1. The summed E-state index contributed by atoms with van der Waals surface area (Å²) in [5.41, 5.74) is 1.58. The summed E-state index contributed by atoms with van der Waals surface area (Å²) in [4.78, 5) is 25.2. The predicted molar refractivity (Wildman–Crippen MR) is 107 cm³/mol. The number of carbonyl (C=O) groups is 2. The Kier molecular flexibility index (Phi) is 7.46. The number of thioether (sulfide) groups is 1. The summed E-state index contributed by atoms with van der Waals surface area (Å²) in [6, 6.07) is 18.7. The third-order valence-corrected chi connectivity index (χ3v) is 5.24. The fraction of sp³-hybridized carbons (Fsp3) is 0.364. The van der Waals surface area contributed by atoms with Crippen LogP contribution < -0.4 is 0 Å². The van der Waals surface area contributed by atoms with Crippen LogP contribution >= 0.6 is 11.8 Å². The number of Topliss-reactive ketones (excluding diaryl/α,β-unsaturated/α-hetero) is 1. The summed E-state index contributed by atoms with van der Waals surface area (Å²) in [6.07, 6.45) is 0.167. The van der Waals surface area contributed by atoms with E-state index in [0.717, 1.165) is 5.56 Å². The molecule has 2 aromatic rings. The van der Waals surface area contributed by atoms with Gasteiger partial charge in [0.2, 0.25) is 0 Å². The van der Waals surface area contributed by atoms with Gasteiger partial charge in [-0.15, -0.1) is 0 Å². The molecule has 0 unspecified atom stereocenters. The van der Waals surface area contributed by atoms with Gasteiger partial charge in [-0.3, -0.25) is 9.59 Å². The second-order valence-electron chi connectivity index (χ2n) is 7.21. The molecule has 0 saturated carbocycles. The molecule has 2 rings (SSSR count). The number of benzene rings is 2. The molecule has 0 heterocycles. The normalized spacial score (nSPS) is 12.4. The largest absolute Gasteiger partial charge is 0.461 e. The van der Waals surface area contributed by atoms with E-state index in [1.807, 2.05) is 48.5 Å². The molecule has 0 saturated heterocycles. The van der Waals surface area contributed by atoms with Crippen molar-refractivity contribution < 1.29 is 14.3 Å². The molecule has 0 fully saturated rings. The Bertz CT molecular complexity index is 705. The number of ether oxygens (including phenoxy) is 1. The molecule has 0 bridgehead atoms. The van der Waals surface area contributed by atoms with Crippen LogP contribution in [0.15, 0.2) is 60.7 Å². The van der Waals surface area contributed by atoms with E-state index in [2.05, 4.69) is 20.8 Å². The van der Waals surface area contributed by atoms with Gasteiger partial charge in [0.05, 0.1) is 5.92 Å². The van der Waals surface area contributed by atoms with Gasteiger partial charge in [-0.2, -0.15) is 11.8 Å². The van der Waals surface area contributed by atoms with Crippen LogP contribution in [0.4, 0.5) is 0 Å². The first-order valence-corrected chi connectivity index (χ1v) is 9.76. The van der Waals surface area contributed by atoms with Crippen LogP contribution in [-0.4, -0.2) is 22.3 Å². The average Bonchev–Trinajstić information content (AvgIpc) is 2.63. The Labute approximate surface area is 160 Å². The van der Waals surface area contributed by atoms with Crippen LogP contribution in [-0.2, 0) is 16.1 Å². The van der Waals surface area contributed by atoms with Gasteiger partial charge in [-0.1, -0.05) is 81.4 Å². The smallest absolute Gasteiger partial charge is 0.310 e. The van der Waals surface area contributed by atoms with Crippen LogP contribution in [0.3, 0.4) is 0 Å². The van der Waals surface area contributed by atoms with Crippen molar-refractivity contribution in [1.82, 2.24) is 0 Å². The van der Waals surface area contributed by atoms with Crippen molar-refractivity contribution in [1.29, 1.82) is 0 Å². The molecule has 0 aliphatic heterocycles. The second kappa shape index (κ2) is 9.58. The van der Waals surface area contributed by atoms with E-state index in [9.17, 15) is 9.59 Å². The SMILES string of the molecule is CC(C)(C)SC[C@H](CC(=O)c1ccccc1)C(=O)OCc1ccccc1. The van der Waals surface area contributed by atoms with E-state index < -0.39 is 5.92 Å². The van der Waals surface area contributed by atoms with Crippen molar-refractivity contribution in [3.63, 3.8) is 0 Å². The lowest BCUT2D eigenvalue weighted by Gasteiger charge is -2.22. The number of hydrogen-bond donors (Lipinski definition) is 0. The van der Waals surface area contributed by atoms with E-state index in [4.69, 9.17) is 4.74 Å². The molecule has 4 heteroatoms. The molecular formula is C22H26O3S. The van der Waals surface area contributed by atoms with Crippen molar-refractivity contribution in [2.45, 2.75) is 38.5 Å². The lowest BCUT2D eigenvalue weighted by Crippen LogP contribution is -2.25. The van der Waals surface area contributed by atoms with Crippen LogP contribution in [0.25, 0.3) is 0 Å². The zero-order valence-electron chi connectivity index (χ0n) is 15.6. The number of ketones is 1. The topological polar surface area (TPSA) is 43.4 Å². The molecule has 138 valence electrons. The van der Waals surface area contributed by atoms with Crippen molar-refractivity contribution in [3.05, 3.63) is 71.8 Å². The van der Waals surface area contributed by atoms with E-state index >= 15 is 0 Å². The Morgan fingerprint density at radius 3 is 2.12 bits per heavy atom. The molecule has 2 aromatic carbocycles. The summed E-state index contributed by atoms with van der Waals surface area (Å²) >= 11 is 1.68. The van der Waals surface area contributed by atoms with E-state index in [1.54, 1.807) is 23.9 Å². The van der Waals surface area contributed by atoms with Crippen LogP contribution in [0.1, 0.15) is 43.1 Å². The van der Waals surface area contributed by atoms with E-state index in [1.165, 1.54) is 0 Å². The molecule has 0 radical (unpaired) electrons. The Morgan fingerprint density at radius 1 is 0.962 bits per heavy atom. The van der Waals surface area contributed by atoms with Crippen molar-refractivity contribution in [2.75, 3.05) is 5.75 Å². The van der Waals surface area contributed by atoms with E-state index in [0.29, 0.717) is 11.3 Å². The molecule has 0 aliphatic carbocycles. The monoisotopic (exact) mass is 370 g/mol. The Balaban J connectivity index is 2.02. The van der Waals surface area contributed by atoms with Gasteiger partial charge in [-0.25, -0.2) is 0 Å². The molecular weight excluding hydrogens is 344 g/mol. The molecule has 26 heavy (non-hydrogen) atoms. The Hall–Kier alpha value is -2.07. The second-order valence-corrected chi connectivity index (χ2v) is 9.05. The first kappa shape index (κ1) is 20.2. The van der Waals surface area contributed by atoms with Gasteiger partial charge in [0.15, 0.2) is 5.78 Å². The first-order valence-electron chi connectivity index (χ1n) is 8.78. The summed E-state index contributed by atoms with van der Waals surface area (Å²) in [7, 11) is 0. The summed E-state index contributed by atoms with van der Waals surface area (Å²) in [5.74, 6) is -0.220. The molecule has 3 nitrogen and oxygen atoms in total. The van der Waals surface area contributed by atoms with Gasteiger partial charge >= 0.3 is 5.97 Å². The zero-order chi connectivity index (χ0) is 19.0. The number of carbonyl (C=O) groups excluding carboxylic acids is 2. The molecule has 0 amide bonds. The van der Waals surface area contributed by atoms with Gasteiger partial charge < -0.3 is 4.74 Å². The highest BCUT2D eigenvalue weighted by Crippen LogP contribution is 2.28. The summed E-state index contributed by atoms with van der Waals surface area (Å²) < 4.78 is 5.51. The van der Waals surface area contributed by atoms with Crippen LogP contribution in [0.2, 0.25) is 0 Å². The van der Waals surface area contributed by atoms with E-state index in [-0.39, 0.29) is 29.5 Å². The van der Waals surface area contributed by atoms with Crippen molar-refractivity contribution >= 4 is 23.5 Å². The third-order valence-electron chi connectivity index (χ3n) is 3.80. The average molecular weight is 371 g/mol.